The molecule has 1 amide bonds. The van der Waals surface area contributed by atoms with Crippen molar-refractivity contribution in [2.75, 3.05) is 5.32 Å². The van der Waals surface area contributed by atoms with Gasteiger partial charge in [0.15, 0.2) is 0 Å². The largest absolute Gasteiger partial charge is 0.438 e. The van der Waals surface area contributed by atoms with Gasteiger partial charge in [-0.3, -0.25) is 5.32 Å². The molecule has 0 spiro atoms. The van der Waals surface area contributed by atoms with Crippen LogP contribution in [0.1, 0.15) is 25.0 Å². The fourth-order valence-corrected chi connectivity index (χ4v) is 2.75. The van der Waals surface area contributed by atoms with Crippen LogP contribution in [0.4, 0.5) is 10.5 Å². The Morgan fingerprint density at radius 2 is 1.86 bits per heavy atom. The average Bonchev–Trinajstić information content (AvgIpc) is 2.46. The number of amides is 1. The van der Waals surface area contributed by atoms with Crippen molar-refractivity contribution in [3.05, 3.63) is 47.5 Å². The van der Waals surface area contributed by atoms with Crippen LogP contribution in [0.5, 0.6) is 0 Å². The summed E-state index contributed by atoms with van der Waals surface area (Å²) in [5.74, 6) is 0. The molecule has 0 saturated heterocycles. The first-order valence-electron chi connectivity index (χ1n) is 6.79. The Morgan fingerprint density at radius 3 is 2.59 bits per heavy atom. The molecule has 1 aliphatic heterocycles. The van der Waals surface area contributed by atoms with E-state index in [1.54, 1.807) is 12.1 Å². The van der Waals surface area contributed by atoms with Crippen molar-refractivity contribution in [2.24, 2.45) is 0 Å². The number of hydrogen-bond donors (Lipinski definition) is 2. The maximum absolute atomic E-state index is 11.5. The van der Waals surface area contributed by atoms with Crippen LogP contribution in [0.3, 0.4) is 0 Å². The second kappa shape index (κ2) is 5.08. The third kappa shape index (κ3) is 2.42. The maximum atomic E-state index is 11.5. The lowest BCUT2D eigenvalue weighted by molar-refractivity contribution is 0.0421. The highest BCUT2D eigenvalue weighted by molar-refractivity contribution is 7.80. The Balaban J connectivity index is 2.12. The highest BCUT2D eigenvalue weighted by atomic mass is 32.1. The number of anilines is 1. The molecule has 4 nitrogen and oxygen atoms in total. The molecule has 2 aromatic carbocycles. The van der Waals surface area contributed by atoms with Gasteiger partial charge in [0.2, 0.25) is 0 Å². The highest BCUT2D eigenvalue weighted by Gasteiger charge is 2.33. The summed E-state index contributed by atoms with van der Waals surface area (Å²) in [6, 6.07) is 13.4. The smallest absolute Gasteiger partial charge is 0.412 e. The Kier molecular flexibility index (Phi) is 3.34. The third-order valence-electron chi connectivity index (χ3n) is 3.70. The fourth-order valence-electron chi connectivity index (χ4n) is 2.56. The molecule has 110 valence electrons. The van der Waals surface area contributed by atoms with E-state index in [4.69, 9.17) is 10.00 Å². The lowest BCUT2D eigenvalue weighted by Crippen LogP contribution is -2.34. The first kappa shape index (κ1) is 14.5. The average molecular weight is 310 g/mol. The molecule has 22 heavy (non-hydrogen) atoms. The van der Waals surface area contributed by atoms with Gasteiger partial charge in [-0.05, 0) is 49.2 Å². The Morgan fingerprint density at radius 1 is 1.18 bits per heavy atom. The van der Waals surface area contributed by atoms with Crippen LogP contribution in [0.25, 0.3) is 11.1 Å². The Hall–Kier alpha value is -2.45. The van der Waals surface area contributed by atoms with E-state index < -0.39 is 11.7 Å². The van der Waals surface area contributed by atoms with Crippen LogP contribution < -0.4 is 5.32 Å². The molecule has 0 fully saturated rings. The minimum absolute atomic E-state index is 0.448. The topological polar surface area (TPSA) is 62.1 Å². The van der Waals surface area contributed by atoms with Crippen LogP contribution in [-0.2, 0) is 10.3 Å². The minimum atomic E-state index is -0.699. The minimum Gasteiger partial charge on any atom is -0.438 e. The summed E-state index contributed by atoms with van der Waals surface area (Å²) >= 11 is 4.26. The summed E-state index contributed by atoms with van der Waals surface area (Å²) in [4.78, 5) is 12.2. The number of fused-ring (bicyclic) bond motifs is 1. The van der Waals surface area contributed by atoms with Gasteiger partial charge in [-0.1, -0.05) is 12.1 Å². The molecule has 0 saturated carbocycles. The number of carbonyl (C=O) groups is 1. The normalized spacial score (nSPS) is 15.3. The van der Waals surface area contributed by atoms with Gasteiger partial charge >= 0.3 is 6.09 Å². The molecule has 0 aromatic heterocycles. The number of nitriles is 1. The SMILES string of the molecule is CC1(C)OC(=O)Nc2ccc(-c3ccc(S)c(C#N)c3)cc21. The van der Waals surface area contributed by atoms with Gasteiger partial charge in [-0.25, -0.2) is 4.79 Å². The monoisotopic (exact) mass is 310 g/mol. The Bertz CT molecular complexity index is 822. The molecular weight excluding hydrogens is 296 g/mol. The molecular formula is C17H14N2O2S. The molecule has 0 atom stereocenters. The number of nitrogens with one attached hydrogen (secondary N) is 1. The highest BCUT2D eigenvalue weighted by Crippen LogP contribution is 2.38. The third-order valence-corrected chi connectivity index (χ3v) is 4.09. The molecule has 0 radical (unpaired) electrons. The van der Waals surface area contributed by atoms with Crippen LogP contribution >= 0.6 is 12.6 Å². The number of ether oxygens (including phenoxy) is 1. The maximum Gasteiger partial charge on any atom is 0.412 e. The number of benzene rings is 2. The molecule has 0 bridgehead atoms. The van der Waals surface area contributed by atoms with Crippen molar-refractivity contribution >= 4 is 24.4 Å². The van der Waals surface area contributed by atoms with Gasteiger partial charge in [0.1, 0.15) is 11.7 Å². The van der Waals surface area contributed by atoms with Gasteiger partial charge in [0, 0.05) is 10.5 Å². The van der Waals surface area contributed by atoms with E-state index in [9.17, 15) is 4.79 Å². The number of hydrogen-bond acceptors (Lipinski definition) is 4. The first-order valence-corrected chi connectivity index (χ1v) is 7.23. The van der Waals surface area contributed by atoms with Crippen molar-refractivity contribution in [2.45, 2.75) is 24.3 Å². The summed E-state index contributed by atoms with van der Waals surface area (Å²) in [6.07, 6.45) is -0.448. The molecule has 2 aromatic rings. The zero-order chi connectivity index (χ0) is 15.9. The zero-order valence-electron chi connectivity index (χ0n) is 12.2. The predicted octanol–water partition coefficient (Wildman–Crippen LogP) is 4.31. The van der Waals surface area contributed by atoms with E-state index in [0.29, 0.717) is 10.5 Å². The van der Waals surface area contributed by atoms with E-state index in [-0.39, 0.29) is 0 Å². The quantitative estimate of drug-likeness (QED) is 0.771. The summed E-state index contributed by atoms with van der Waals surface area (Å²) in [6.45, 7) is 3.71. The summed E-state index contributed by atoms with van der Waals surface area (Å²) in [7, 11) is 0. The van der Waals surface area contributed by atoms with Crippen molar-refractivity contribution < 1.29 is 9.53 Å². The molecule has 1 aliphatic rings. The number of rotatable bonds is 1. The van der Waals surface area contributed by atoms with Crippen LogP contribution in [0.15, 0.2) is 41.3 Å². The van der Waals surface area contributed by atoms with Crippen LogP contribution in [0.2, 0.25) is 0 Å². The number of carbonyl (C=O) groups excluding carboxylic acids is 1. The predicted molar refractivity (Wildman–Crippen MR) is 87.0 cm³/mol. The first-order chi connectivity index (χ1) is 10.4. The lowest BCUT2D eigenvalue weighted by Gasteiger charge is -2.32. The second-order valence-corrected chi connectivity index (χ2v) is 6.11. The van der Waals surface area contributed by atoms with E-state index in [0.717, 1.165) is 22.4 Å². The van der Waals surface area contributed by atoms with Crippen molar-refractivity contribution in [3.8, 4) is 17.2 Å². The molecule has 0 aliphatic carbocycles. The van der Waals surface area contributed by atoms with E-state index in [1.807, 2.05) is 38.1 Å². The van der Waals surface area contributed by atoms with Gasteiger partial charge in [0.05, 0.1) is 11.3 Å². The number of nitrogens with zero attached hydrogens (tertiary/aromatic N) is 1. The summed E-state index contributed by atoms with van der Waals surface area (Å²) in [5.41, 5.74) is 3.35. The van der Waals surface area contributed by atoms with Crippen molar-refractivity contribution in [3.63, 3.8) is 0 Å². The van der Waals surface area contributed by atoms with Gasteiger partial charge in [0.25, 0.3) is 0 Å². The van der Waals surface area contributed by atoms with Crippen LogP contribution in [-0.4, -0.2) is 6.09 Å². The number of cyclic esters (lactones) is 1. The van der Waals surface area contributed by atoms with E-state index in [1.165, 1.54) is 0 Å². The van der Waals surface area contributed by atoms with Gasteiger partial charge in [-0.2, -0.15) is 5.26 Å². The van der Waals surface area contributed by atoms with Gasteiger partial charge < -0.3 is 4.74 Å². The van der Waals surface area contributed by atoms with E-state index >= 15 is 0 Å². The number of thiol groups is 1. The summed E-state index contributed by atoms with van der Waals surface area (Å²) in [5, 5.41) is 11.8. The van der Waals surface area contributed by atoms with Crippen molar-refractivity contribution in [1.29, 1.82) is 5.26 Å². The standard InChI is InChI=1S/C17H14N2O2S/c1-17(2)13-8-11(3-5-14(13)19-16(20)21-17)10-4-6-15(22)12(7-10)9-18/h3-8,22H,1-2H3,(H,19,20). The van der Waals surface area contributed by atoms with Crippen LogP contribution in [0, 0.1) is 11.3 Å². The second-order valence-electron chi connectivity index (χ2n) is 5.63. The fraction of sp³-hybridized carbons (Fsp3) is 0.176. The molecule has 1 N–H and O–H groups in total. The van der Waals surface area contributed by atoms with Crippen molar-refractivity contribution in [1.82, 2.24) is 0 Å². The molecule has 3 rings (SSSR count). The molecule has 5 heteroatoms. The lowest BCUT2D eigenvalue weighted by atomic mass is 9.91. The zero-order valence-corrected chi connectivity index (χ0v) is 13.1. The molecule has 1 heterocycles. The molecule has 0 unspecified atom stereocenters. The van der Waals surface area contributed by atoms with E-state index in [2.05, 4.69) is 24.0 Å². The Labute approximate surface area is 134 Å². The van der Waals surface area contributed by atoms with Gasteiger partial charge in [-0.15, -0.1) is 12.6 Å². The summed E-state index contributed by atoms with van der Waals surface area (Å²) < 4.78 is 5.34.